The average Bonchev–Trinajstić information content (AvgIpc) is 3.28. The van der Waals surface area contributed by atoms with Gasteiger partial charge in [-0.25, -0.2) is 14.6 Å². The van der Waals surface area contributed by atoms with E-state index in [9.17, 15) is 0 Å². The van der Waals surface area contributed by atoms with Crippen molar-refractivity contribution in [3.63, 3.8) is 0 Å². The summed E-state index contributed by atoms with van der Waals surface area (Å²) in [5, 5.41) is 14.8. The quantitative estimate of drug-likeness (QED) is 0.218. The smallest absolute Gasteiger partial charge is 0.414 e. The van der Waals surface area contributed by atoms with Crippen LogP contribution in [0.1, 0.15) is 90.9 Å². The number of aromatic nitrogens is 2. The van der Waals surface area contributed by atoms with E-state index in [1.165, 1.54) is 64.2 Å². The molecule has 0 saturated heterocycles. The van der Waals surface area contributed by atoms with Gasteiger partial charge in [-0.1, -0.05) is 78.1 Å². The van der Waals surface area contributed by atoms with E-state index in [0.29, 0.717) is 6.61 Å². The van der Waals surface area contributed by atoms with Gasteiger partial charge >= 0.3 is 11.9 Å². The molecule has 0 aliphatic carbocycles. The second-order valence-corrected chi connectivity index (χ2v) is 7.97. The lowest BCUT2D eigenvalue weighted by Crippen LogP contribution is -2.26. The fraction of sp³-hybridized carbons (Fsp3) is 0.792. The van der Waals surface area contributed by atoms with E-state index in [4.69, 9.17) is 29.3 Å². The Morgan fingerprint density at radius 2 is 1.41 bits per heavy atom. The van der Waals surface area contributed by atoms with Gasteiger partial charge in [0.2, 0.25) is 0 Å². The normalized spacial score (nSPS) is 11.6. The maximum Gasteiger partial charge on any atom is 0.414 e. The second-order valence-electron chi connectivity index (χ2n) is 7.97. The first-order valence-corrected chi connectivity index (χ1v) is 12.1. The van der Waals surface area contributed by atoms with Gasteiger partial charge in [0.25, 0.3) is 0 Å². The highest BCUT2D eigenvalue weighted by molar-refractivity contribution is 6.27. The van der Waals surface area contributed by atoms with Gasteiger partial charge in [0, 0.05) is 25.6 Å². The number of ether oxygens (including phenoxy) is 2. The summed E-state index contributed by atoms with van der Waals surface area (Å²) >= 11 is 0. The number of carbonyl (C=O) groups is 2. The minimum atomic E-state index is -1.82. The molecule has 0 aliphatic rings. The molecule has 0 saturated carbocycles. The van der Waals surface area contributed by atoms with Gasteiger partial charge < -0.3 is 24.3 Å². The summed E-state index contributed by atoms with van der Waals surface area (Å²) in [5.74, 6) is -3.65. The Morgan fingerprint density at radius 1 is 0.844 bits per heavy atom. The van der Waals surface area contributed by atoms with E-state index in [-0.39, 0.29) is 6.10 Å². The Bertz CT molecular complexity index is 539. The molecule has 0 fully saturated rings. The number of carboxylic acids is 2. The third kappa shape index (κ3) is 20.0. The average molecular weight is 457 g/mol. The highest BCUT2D eigenvalue weighted by Crippen LogP contribution is 2.11. The molecule has 1 aromatic heterocycles. The van der Waals surface area contributed by atoms with Crippen LogP contribution in [-0.2, 0) is 25.6 Å². The number of imidazole rings is 1. The van der Waals surface area contributed by atoms with Crippen LogP contribution >= 0.6 is 0 Å². The Labute approximate surface area is 193 Å². The van der Waals surface area contributed by atoms with Crippen LogP contribution in [0.5, 0.6) is 0 Å². The molecule has 8 heteroatoms. The van der Waals surface area contributed by atoms with Gasteiger partial charge in [-0.2, -0.15) is 0 Å². The molecule has 1 unspecified atom stereocenters. The van der Waals surface area contributed by atoms with Crippen molar-refractivity contribution < 1.29 is 29.3 Å². The predicted molar refractivity (Wildman–Crippen MR) is 125 cm³/mol. The number of nitrogens with zero attached hydrogens (tertiary/aromatic N) is 2. The van der Waals surface area contributed by atoms with E-state index in [1.807, 2.05) is 18.7 Å². The Kier molecular flexibility index (Phi) is 20.9. The van der Waals surface area contributed by atoms with E-state index >= 15 is 0 Å². The lowest BCUT2D eigenvalue weighted by atomic mass is 10.1. The first-order valence-electron chi connectivity index (χ1n) is 12.1. The topological polar surface area (TPSA) is 111 Å². The predicted octanol–water partition coefficient (Wildman–Crippen LogP) is 5.16. The van der Waals surface area contributed by atoms with E-state index in [2.05, 4.69) is 23.4 Å². The van der Waals surface area contributed by atoms with Crippen LogP contribution in [0.25, 0.3) is 0 Å². The summed E-state index contributed by atoms with van der Waals surface area (Å²) in [6.07, 6.45) is 21.6. The molecule has 0 spiro atoms. The third-order valence-corrected chi connectivity index (χ3v) is 4.95. The van der Waals surface area contributed by atoms with Gasteiger partial charge in [0.1, 0.15) is 0 Å². The van der Waals surface area contributed by atoms with Crippen molar-refractivity contribution in [3.8, 4) is 0 Å². The molecule has 0 bridgehead atoms. The molecule has 0 aromatic carbocycles. The molecule has 32 heavy (non-hydrogen) atoms. The van der Waals surface area contributed by atoms with Gasteiger partial charge in [-0.3, -0.25) is 0 Å². The Morgan fingerprint density at radius 3 is 1.91 bits per heavy atom. The molecule has 0 amide bonds. The number of rotatable bonds is 19. The zero-order valence-electron chi connectivity index (χ0n) is 20.0. The van der Waals surface area contributed by atoms with Crippen molar-refractivity contribution in [1.82, 2.24) is 9.55 Å². The summed E-state index contributed by atoms with van der Waals surface area (Å²) in [7, 11) is 0. The molecule has 8 nitrogen and oxygen atoms in total. The van der Waals surface area contributed by atoms with Crippen LogP contribution in [0.4, 0.5) is 0 Å². The summed E-state index contributed by atoms with van der Waals surface area (Å²) in [5.41, 5.74) is 0. The van der Waals surface area contributed by atoms with Gasteiger partial charge in [-0.15, -0.1) is 0 Å². The molecular weight excluding hydrogens is 412 g/mol. The first-order chi connectivity index (χ1) is 15.5. The molecule has 0 aliphatic heterocycles. The monoisotopic (exact) mass is 456 g/mol. The van der Waals surface area contributed by atoms with Crippen LogP contribution in [0, 0.1) is 0 Å². The van der Waals surface area contributed by atoms with Gasteiger partial charge in [0.05, 0.1) is 25.6 Å². The molecule has 0 radical (unpaired) electrons. The second kappa shape index (κ2) is 22.3. The highest BCUT2D eigenvalue weighted by Gasteiger charge is 2.10. The fourth-order valence-corrected chi connectivity index (χ4v) is 3.08. The van der Waals surface area contributed by atoms with Crippen LogP contribution < -0.4 is 0 Å². The largest absolute Gasteiger partial charge is 0.473 e. The Hall–Kier alpha value is -1.93. The molecule has 2 N–H and O–H groups in total. The highest BCUT2D eigenvalue weighted by atomic mass is 16.5. The Balaban J connectivity index is 0.00000140. The number of carboxylic acid groups (broad SMARTS) is 2. The van der Waals surface area contributed by atoms with Crippen molar-refractivity contribution in [3.05, 3.63) is 18.7 Å². The number of aliphatic carboxylic acids is 2. The SMILES string of the molecule is CCCCCCCCCCCCOC(COCCCC)Cn1ccnc1.O=C(O)C(=O)O. The maximum absolute atomic E-state index is 9.10. The van der Waals surface area contributed by atoms with Crippen LogP contribution in [0.15, 0.2) is 18.7 Å². The molecule has 1 atom stereocenters. The van der Waals surface area contributed by atoms with Crippen molar-refractivity contribution >= 4 is 11.9 Å². The number of unbranched alkanes of at least 4 members (excludes halogenated alkanes) is 10. The minimum Gasteiger partial charge on any atom is -0.473 e. The fourth-order valence-electron chi connectivity index (χ4n) is 3.08. The van der Waals surface area contributed by atoms with Crippen LogP contribution in [0.2, 0.25) is 0 Å². The lowest BCUT2D eigenvalue weighted by molar-refractivity contribution is -0.159. The first kappa shape index (κ1) is 30.1. The summed E-state index contributed by atoms with van der Waals surface area (Å²) in [6, 6.07) is 0. The number of hydrogen-bond acceptors (Lipinski definition) is 5. The molecule has 1 aromatic rings. The summed E-state index contributed by atoms with van der Waals surface area (Å²) < 4.78 is 13.9. The van der Waals surface area contributed by atoms with Gasteiger partial charge in [-0.05, 0) is 12.8 Å². The van der Waals surface area contributed by atoms with E-state index in [0.717, 1.165) is 32.6 Å². The van der Waals surface area contributed by atoms with Crippen molar-refractivity contribution in [2.45, 2.75) is 104 Å². The van der Waals surface area contributed by atoms with Crippen molar-refractivity contribution in [2.24, 2.45) is 0 Å². The zero-order valence-corrected chi connectivity index (χ0v) is 20.0. The van der Waals surface area contributed by atoms with E-state index in [1.54, 1.807) is 0 Å². The van der Waals surface area contributed by atoms with Crippen molar-refractivity contribution in [1.29, 1.82) is 0 Å². The standard InChI is InChI=1S/C22H42N2O2.C2H2O4/c1-3-5-7-8-9-10-11-12-13-14-18-26-22(20-25-17-6-4-2)19-24-16-15-23-21-24;3-1(4)2(5)6/h15-16,21-22H,3-14,17-20H2,1-2H3;(H,3,4)(H,5,6). The molecule has 1 rings (SSSR count). The zero-order chi connectivity index (χ0) is 23.9. The molecule has 186 valence electrons. The van der Waals surface area contributed by atoms with Crippen LogP contribution in [-0.4, -0.2) is 57.6 Å². The maximum atomic E-state index is 9.10. The lowest BCUT2D eigenvalue weighted by Gasteiger charge is -2.18. The van der Waals surface area contributed by atoms with E-state index < -0.39 is 11.9 Å². The van der Waals surface area contributed by atoms with Crippen molar-refractivity contribution in [2.75, 3.05) is 19.8 Å². The third-order valence-electron chi connectivity index (χ3n) is 4.95. The summed E-state index contributed by atoms with van der Waals surface area (Å²) in [6.45, 7) is 7.64. The van der Waals surface area contributed by atoms with Gasteiger partial charge in [0.15, 0.2) is 0 Å². The molecule has 1 heterocycles. The van der Waals surface area contributed by atoms with Crippen LogP contribution in [0.3, 0.4) is 0 Å². The summed E-state index contributed by atoms with van der Waals surface area (Å²) in [4.78, 5) is 22.3. The molecular formula is C24H44N2O6. The number of hydrogen-bond donors (Lipinski definition) is 2. The minimum absolute atomic E-state index is 0.125.